The second-order valence-electron chi connectivity index (χ2n) is 7.19. The molecule has 3 aromatic rings. The Morgan fingerprint density at radius 2 is 1.81 bits per heavy atom. The third kappa shape index (κ3) is 4.64. The Labute approximate surface area is 191 Å². The Morgan fingerprint density at radius 3 is 2.44 bits per heavy atom. The zero-order valence-corrected chi connectivity index (χ0v) is 19.7. The number of ether oxygens (including phenoxy) is 1. The van der Waals surface area contributed by atoms with E-state index in [-0.39, 0.29) is 4.90 Å². The van der Waals surface area contributed by atoms with Crippen LogP contribution in [0.1, 0.15) is 22.9 Å². The highest BCUT2D eigenvalue weighted by molar-refractivity contribution is 7.92. The van der Waals surface area contributed by atoms with Crippen molar-refractivity contribution < 1.29 is 21.6 Å². The average molecular weight is 492 g/mol. The molecule has 2 heterocycles. The fourth-order valence-corrected chi connectivity index (χ4v) is 6.27. The Morgan fingerprint density at radius 1 is 1.06 bits per heavy atom. The molecule has 2 aromatic carbocycles. The molecule has 0 radical (unpaired) electrons. The maximum atomic E-state index is 13.5. The molecule has 0 saturated heterocycles. The summed E-state index contributed by atoms with van der Waals surface area (Å²) in [6, 6.07) is 16.2. The standard InChI is InChI=1S/C21H21N3O5S3/c1-29-17-8-10-18(11-9-17)32(27,28)24-20(21-7-4-12-30-21)14-19(22-24)15-5-3-6-16(13-15)23-31(2,25)26/h3-13,20,23H,14H2,1-2H3/t20-/m1/s1. The summed E-state index contributed by atoms with van der Waals surface area (Å²) in [5, 5.41) is 6.38. The second-order valence-corrected chi connectivity index (χ2v) is 11.7. The van der Waals surface area contributed by atoms with Gasteiger partial charge in [-0.1, -0.05) is 18.2 Å². The van der Waals surface area contributed by atoms with Crippen molar-refractivity contribution in [3.63, 3.8) is 0 Å². The largest absolute Gasteiger partial charge is 0.497 e. The lowest BCUT2D eigenvalue weighted by molar-refractivity contribution is 0.375. The van der Waals surface area contributed by atoms with Crippen LogP contribution in [0.2, 0.25) is 0 Å². The summed E-state index contributed by atoms with van der Waals surface area (Å²) in [5.74, 6) is 0.555. The van der Waals surface area contributed by atoms with Crippen LogP contribution < -0.4 is 9.46 Å². The monoisotopic (exact) mass is 491 g/mol. The van der Waals surface area contributed by atoms with Gasteiger partial charge in [-0.15, -0.1) is 11.3 Å². The Bertz CT molecular complexity index is 1350. The van der Waals surface area contributed by atoms with Crippen molar-refractivity contribution in [3.8, 4) is 5.75 Å². The Hall–Kier alpha value is -2.89. The lowest BCUT2D eigenvalue weighted by Crippen LogP contribution is -2.26. The van der Waals surface area contributed by atoms with Crippen LogP contribution in [0.3, 0.4) is 0 Å². The van der Waals surface area contributed by atoms with Gasteiger partial charge in [0.1, 0.15) is 11.8 Å². The first-order valence-electron chi connectivity index (χ1n) is 9.55. The van der Waals surface area contributed by atoms with Crippen LogP contribution in [0.15, 0.2) is 76.0 Å². The number of nitrogens with one attached hydrogen (secondary N) is 1. The van der Waals surface area contributed by atoms with E-state index in [1.54, 1.807) is 36.4 Å². The molecule has 1 aliphatic rings. The molecular weight excluding hydrogens is 470 g/mol. The van der Waals surface area contributed by atoms with E-state index in [1.165, 1.54) is 30.6 Å². The number of hydrazone groups is 1. The van der Waals surface area contributed by atoms with E-state index in [1.807, 2.05) is 17.5 Å². The summed E-state index contributed by atoms with van der Waals surface area (Å²) in [4.78, 5) is 0.976. The first kappa shape index (κ1) is 22.3. The molecule has 4 rings (SSSR count). The van der Waals surface area contributed by atoms with Gasteiger partial charge < -0.3 is 4.74 Å². The Kier molecular flexibility index (Phi) is 5.97. The number of rotatable bonds is 7. The normalized spacial score (nSPS) is 16.6. The van der Waals surface area contributed by atoms with Crippen molar-refractivity contribution in [2.45, 2.75) is 17.4 Å². The van der Waals surface area contributed by atoms with Gasteiger partial charge in [0, 0.05) is 17.0 Å². The summed E-state index contributed by atoms with van der Waals surface area (Å²) in [6.45, 7) is 0. The van der Waals surface area contributed by atoms with Crippen LogP contribution in [0.4, 0.5) is 5.69 Å². The minimum absolute atomic E-state index is 0.109. The van der Waals surface area contributed by atoms with E-state index >= 15 is 0 Å². The number of methoxy groups -OCH3 is 1. The molecule has 1 aliphatic heterocycles. The van der Waals surface area contributed by atoms with E-state index in [0.717, 1.165) is 15.5 Å². The van der Waals surface area contributed by atoms with Gasteiger partial charge in [-0.3, -0.25) is 4.72 Å². The zero-order chi connectivity index (χ0) is 22.9. The number of benzene rings is 2. The smallest absolute Gasteiger partial charge is 0.279 e. The fraction of sp³-hybridized carbons (Fsp3) is 0.190. The predicted octanol–water partition coefficient (Wildman–Crippen LogP) is 3.67. The molecule has 0 spiro atoms. The molecule has 0 aliphatic carbocycles. The minimum Gasteiger partial charge on any atom is -0.497 e. The van der Waals surface area contributed by atoms with Crippen molar-refractivity contribution in [3.05, 3.63) is 76.5 Å². The maximum absolute atomic E-state index is 13.5. The molecule has 168 valence electrons. The highest BCUT2D eigenvalue weighted by atomic mass is 32.2. The number of hydrogen-bond donors (Lipinski definition) is 1. The van der Waals surface area contributed by atoms with E-state index in [4.69, 9.17) is 4.74 Å². The zero-order valence-electron chi connectivity index (χ0n) is 17.3. The van der Waals surface area contributed by atoms with Crippen LogP contribution in [0.25, 0.3) is 0 Å². The van der Waals surface area contributed by atoms with E-state index < -0.39 is 26.1 Å². The fourth-order valence-electron chi connectivity index (χ4n) is 3.41. The number of nitrogens with zero attached hydrogens (tertiary/aromatic N) is 2. The molecule has 8 nitrogen and oxygen atoms in total. The average Bonchev–Trinajstić information content (AvgIpc) is 3.43. The molecule has 32 heavy (non-hydrogen) atoms. The highest BCUT2D eigenvalue weighted by Gasteiger charge is 2.38. The van der Waals surface area contributed by atoms with Gasteiger partial charge in [0.2, 0.25) is 10.0 Å². The third-order valence-corrected chi connectivity index (χ3v) is 8.12. The van der Waals surface area contributed by atoms with E-state index in [0.29, 0.717) is 29.1 Å². The van der Waals surface area contributed by atoms with Gasteiger partial charge in [-0.2, -0.15) is 17.9 Å². The molecule has 0 saturated carbocycles. The molecule has 0 fully saturated rings. The topological polar surface area (TPSA) is 105 Å². The van der Waals surface area contributed by atoms with Gasteiger partial charge in [-0.05, 0) is 53.4 Å². The summed E-state index contributed by atoms with van der Waals surface area (Å²) >= 11 is 1.46. The van der Waals surface area contributed by atoms with Crippen molar-refractivity contribution in [1.29, 1.82) is 0 Å². The molecule has 1 aromatic heterocycles. The number of sulfonamides is 2. The highest BCUT2D eigenvalue weighted by Crippen LogP contribution is 2.39. The third-order valence-electron chi connectivity index (χ3n) is 4.85. The molecule has 11 heteroatoms. The lowest BCUT2D eigenvalue weighted by Gasteiger charge is -2.22. The molecule has 0 amide bonds. The van der Waals surface area contributed by atoms with Crippen molar-refractivity contribution in [2.75, 3.05) is 18.1 Å². The number of anilines is 1. The molecule has 1 atom stereocenters. The minimum atomic E-state index is -3.93. The van der Waals surface area contributed by atoms with Gasteiger partial charge >= 0.3 is 0 Å². The van der Waals surface area contributed by atoms with Crippen molar-refractivity contribution in [2.24, 2.45) is 5.10 Å². The van der Waals surface area contributed by atoms with Crippen molar-refractivity contribution >= 4 is 42.8 Å². The van der Waals surface area contributed by atoms with Crippen LogP contribution in [0.5, 0.6) is 5.75 Å². The van der Waals surface area contributed by atoms with Gasteiger partial charge in [-0.25, -0.2) is 8.42 Å². The summed E-state index contributed by atoms with van der Waals surface area (Å²) in [6.07, 6.45) is 1.43. The summed E-state index contributed by atoms with van der Waals surface area (Å²) < 4.78 is 58.8. The van der Waals surface area contributed by atoms with Gasteiger partial charge in [0.15, 0.2) is 0 Å². The van der Waals surface area contributed by atoms with E-state index in [9.17, 15) is 16.8 Å². The van der Waals surface area contributed by atoms with Crippen LogP contribution >= 0.6 is 11.3 Å². The first-order chi connectivity index (χ1) is 15.2. The summed E-state index contributed by atoms with van der Waals surface area (Å²) in [7, 11) is -5.86. The van der Waals surface area contributed by atoms with Gasteiger partial charge in [0.05, 0.1) is 24.0 Å². The maximum Gasteiger partial charge on any atom is 0.279 e. The van der Waals surface area contributed by atoms with Gasteiger partial charge in [0.25, 0.3) is 10.0 Å². The summed E-state index contributed by atoms with van der Waals surface area (Å²) in [5.41, 5.74) is 1.59. The molecule has 0 bridgehead atoms. The van der Waals surface area contributed by atoms with Crippen LogP contribution in [0, 0.1) is 0 Å². The SMILES string of the molecule is COc1ccc(S(=O)(=O)N2N=C(c3cccc(NS(C)(=O)=O)c3)C[C@@H]2c2cccs2)cc1. The van der Waals surface area contributed by atoms with Crippen molar-refractivity contribution in [1.82, 2.24) is 4.41 Å². The predicted molar refractivity (Wildman–Crippen MR) is 125 cm³/mol. The lowest BCUT2D eigenvalue weighted by atomic mass is 10.0. The molecule has 1 N–H and O–H groups in total. The second kappa shape index (κ2) is 8.57. The van der Waals surface area contributed by atoms with Crippen LogP contribution in [-0.2, 0) is 20.0 Å². The first-order valence-corrected chi connectivity index (χ1v) is 13.8. The Balaban J connectivity index is 1.74. The quantitative estimate of drug-likeness (QED) is 0.543. The number of hydrogen-bond acceptors (Lipinski definition) is 7. The van der Waals surface area contributed by atoms with E-state index in [2.05, 4.69) is 9.82 Å². The molecule has 0 unspecified atom stereocenters. The molecular formula is C21H21N3O5S3. The number of thiophene rings is 1. The van der Waals surface area contributed by atoms with Crippen LogP contribution in [-0.4, -0.2) is 40.3 Å².